The van der Waals surface area contributed by atoms with E-state index in [1.807, 2.05) is 18.2 Å². The quantitative estimate of drug-likeness (QED) is 0.848. The molecule has 1 atom stereocenters. The maximum absolute atomic E-state index is 12.8. The van der Waals surface area contributed by atoms with Crippen molar-refractivity contribution in [3.05, 3.63) is 47.3 Å². The average Bonchev–Trinajstić information content (AvgIpc) is 2.94. The van der Waals surface area contributed by atoms with E-state index in [0.717, 1.165) is 0 Å². The number of nitrogens with zero attached hydrogens (tertiary/aromatic N) is 3. The van der Waals surface area contributed by atoms with Crippen molar-refractivity contribution in [2.24, 2.45) is 0 Å². The van der Waals surface area contributed by atoms with Crippen LogP contribution in [0.25, 0.3) is 0 Å². The summed E-state index contributed by atoms with van der Waals surface area (Å²) in [6.45, 7) is 7.83. The molecule has 0 unspecified atom stereocenters. The molecule has 1 aromatic carbocycles. The highest BCUT2D eigenvalue weighted by atomic mass is 32.2. The van der Waals surface area contributed by atoms with Crippen LogP contribution < -0.4 is 0 Å². The molecule has 0 amide bonds. The number of sulfonamides is 1. The van der Waals surface area contributed by atoms with Crippen molar-refractivity contribution < 1.29 is 12.9 Å². The summed E-state index contributed by atoms with van der Waals surface area (Å²) in [5.41, 5.74) is 1.67. The van der Waals surface area contributed by atoms with Crippen LogP contribution in [-0.2, 0) is 10.0 Å². The molecule has 24 heavy (non-hydrogen) atoms. The van der Waals surface area contributed by atoms with Crippen LogP contribution in [0.15, 0.2) is 39.8 Å². The zero-order chi connectivity index (χ0) is 17.3. The van der Waals surface area contributed by atoms with Crippen molar-refractivity contribution in [3.63, 3.8) is 0 Å². The first-order valence-corrected chi connectivity index (χ1v) is 9.57. The molecular weight excluding hydrogens is 326 g/mol. The van der Waals surface area contributed by atoms with Crippen LogP contribution in [0.2, 0.25) is 0 Å². The van der Waals surface area contributed by atoms with Crippen molar-refractivity contribution in [3.8, 4) is 0 Å². The SMILES string of the molecule is Cc1noc(C)c1S(=O)(=O)N1CCN([C@H](C)c2ccccc2)CC1. The summed E-state index contributed by atoms with van der Waals surface area (Å²) in [6, 6.07) is 10.6. The fraction of sp³-hybridized carbons (Fsp3) is 0.471. The molecular formula is C17H23N3O3S. The van der Waals surface area contributed by atoms with Crippen molar-refractivity contribution >= 4 is 10.0 Å². The second-order valence-corrected chi connectivity index (χ2v) is 8.05. The minimum absolute atomic E-state index is 0.215. The third-order valence-electron chi connectivity index (χ3n) is 4.67. The van der Waals surface area contributed by atoms with Crippen molar-refractivity contribution in [2.45, 2.75) is 31.7 Å². The molecule has 1 aromatic heterocycles. The van der Waals surface area contributed by atoms with E-state index in [-0.39, 0.29) is 10.9 Å². The monoisotopic (exact) mass is 349 g/mol. The molecule has 0 radical (unpaired) electrons. The number of piperazine rings is 1. The average molecular weight is 349 g/mol. The van der Waals surface area contributed by atoms with E-state index in [9.17, 15) is 8.42 Å². The van der Waals surface area contributed by atoms with Gasteiger partial charge in [-0.25, -0.2) is 8.42 Å². The first-order chi connectivity index (χ1) is 11.4. The number of aryl methyl sites for hydroxylation is 2. The van der Waals surface area contributed by atoms with E-state index in [2.05, 4.69) is 29.1 Å². The van der Waals surface area contributed by atoms with E-state index >= 15 is 0 Å². The fourth-order valence-electron chi connectivity index (χ4n) is 3.25. The van der Waals surface area contributed by atoms with Crippen LogP contribution >= 0.6 is 0 Å². The van der Waals surface area contributed by atoms with Crippen LogP contribution in [0.4, 0.5) is 0 Å². The van der Waals surface area contributed by atoms with Crippen LogP contribution in [0, 0.1) is 13.8 Å². The number of aromatic nitrogens is 1. The van der Waals surface area contributed by atoms with Gasteiger partial charge in [-0.2, -0.15) is 4.31 Å². The number of hydrogen-bond donors (Lipinski definition) is 0. The molecule has 1 saturated heterocycles. The van der Waals surface area contributed by atoms with Gasteiger partial charge in [0.15, 0.2) is 5.76 Å². The minimum Gasteiger partial charge on any atom is -0.360 e. The van der Waals surface area contributed by atoms with Gasteiger partial charge < -0.3 is 4.52 Å². The minimum atomic E-state index is -3.54. The Morgan fingerprint density at radius 2 is 1.71 bits per heavy atom. The lowest BCUT2D eigenvalue weighted by molar-refractivity contribution is 0.146. The van der Waals surface area contributed by atoms with E-state index in [1.54, 1.807) is 13.8 Å². The highest BCUT2D eigenvalue weighted by Crippen LogP contribution is 2.26. The summed E-state index contributed by atoms with van der Waals surface area (Å²) < 4.78 is 32.2. The fourth-order valence-corrected chi connectivity index (χ4v) is 4.96. The third-order valence-corrected chi connectivity index (χ3v) is 6.81. The van der Waals surface area contributed by atoms with Gasteiger partial charge in [0.1, 0.15) is 10.6 Å². The first-order valence-electron chi connectivity index (χ1n) is 8.13. The third kappa shape index (κ3) is 3.11. The molecule has 0 saturated carbocycles. The molecule has 0 spiro atoms. The maximum Gasteiger partial charge on any atom is 0.248 e. The van der Waals surface area contributed by atoms with E-state index in [4.69, 9.17) is 4.52 Å². The van der Waals surface area contributed by atoms with Gasteiger partial charge in [0, 0.05) is 32.2 Å². The van der Waals surface area contributed by atoms with Gasteiger partial charge in [0.05, 0.1) is 0 Å². The van der Waals surface area contributed by atoms with Gasteiger partial charge in [-0.05, 0) is 26.3 Å². The Morgan fingerprint density at radius 1 is 1.08 bits per heavy atom. The predicted octanol–water partition coefficient (Wildman–Crippen LogP) is 2.36. The summed E-state index contributed by atoms with van der Waals surface area (Å²) in [4.78, 5) is 2.53. The number of hydrogen-bond acceptors (Lipinski definition) is 5. The molecule has 7 heteroatoms. The van der Waals surface area contributed by atoms with Crippen LogP contribution in [-0.4, -0.2) is 49.0 Å². The smallest absolute Gasteiger partial charge is 0.248 e. The van der Waals surface area contributed by atoms with Crippen molar-refractivity contribution in [1.82, 2.24) is 14.4 Å². The van der Waals surface area contributed by atoms with E-state index in [1.165, 1.54) is 9.87 Å². The topological polar surface area (TPSA) is 66.7 Å². The second-order valence-electron chi connectivity index (χ2n) is 6.18. The van der Waals surface area contributed by atoms with E-state index in [0.29, 0.717) is 37.6 Å². The molecule has 1 aliphatic heterocycles. The molecule has 2 aromatic rings. The van der Waals surface area contributed by atoms with Gasteiger partial charge in [0.2, 0.25) is 10.0 Å². The highest BCUT2D eigenvalue weighted by Gasteiger charge is 2.34. The molecule has 3 rings (SSSR count). The lowest BCUT2D eigenvalue weighted by Crippen LogP contribution is -2.49. The molecule has 130 valence electrons. The van der Waals surface area contributed by atoms with Crippen LogP contribution in [0.5, 0.6) is 0 Å². The molecule has 6 nitrogen and oxygen atoms in total. The van der Waals surface area contributed by atoms with Gasteiger partial charge in [-0.3, -0.25) is 4.90 Å². The largest absolute Gasteiger partial charge is 0.360 e. The van der Waals surface area contributed by atoms with Gasteiger partial charge in [-0.15, -0.1) is 0 Å². The molecule has 0 aliphatic carbocycles. The molecule has 2 heterocycles. The summed E-state index contributed by atoms with van der Waals surface area (Å²) in [5, 5.41) is 3.77. The highest BCUT2D eigenvalue weighted by molar-refractivity contribution is 7.89. The van der Waals surface area contributed by atoms with Crippen molar-refractivity contribution in [1.29, 1.82) is 0 Å². The Hall–Kier alpha value is -1.70. The van der Waals surface area contributed by atoms with Gasteiger partial charge in [0.25, 0.3) is 0 Å². The standard InChI is InChI=1S/C17H23N3O3S/c1-13-17(15(3)23-18-13)24(21,22)20-11-9-19(10-12-20)14(2)16-7-5-4-6-8-16/h4-8,14H,9-12H2,1-3H3/t14-/m1/s1. The van der Waals surface area contributed by atoms with Crippen LogP contribution in [0.3, 0.4) is 0 Å². The Balaban J connectivity index is 1.71. The molecule has 0 bridgehead atoms. The molecule has 1 fully saturated rings. The Bertz CT molecular complexity index is 774. The summed E-state index contributed by atoms with van der Waals surface area (Å²) in [5.74, 6) is 0.354. The number of rotatable bonds is 4. The predicted molar refractivity (Wildman–Crippen MR) is 91.2 cm³/mol. The van der Waals surface area contributed by atoms with E-state index < -0.39 is 10.0 Å². The number of benzene rings is 1. The summed E-state index contributed by atoms with van der Waals surface area (Å²) in [6.07, 6.45) is 0. The Morgan fingerprint density at radius 3 is 2.25 bits per heavy atom. The van der Waals surface area contributed by atoms with Gasteiger partial charge in [-0.1, -0.05) is 35.5 Å². The van der Waals surface area contributed by atoms with Gasteiger partial charge >= 0.3 is 0 Å². The second kappa shape index (κ2) is 6.66. The lowest BCUT2D eigenvalue weighted by atomic mass is 10.1. The zero-order valence-electron chi connectivity index (χ0n) is 14.3. The summed E-state index contributed by atoms with van der Waals surface area (Å²) >= 11 is 0. The maximum atomic E-state index is 12.8. The zero-order valence-corrected chi connectivity index (χ0v) is 15.1. The van der Waals surface area contributed by atoms with Crippen molar-refractivity contribution in [2.75, 3.05) is 26.2 Å². The Kier molecular flexibility index (Phi) is 4.76. The summed E-state index contributed by atoms with van der Waals surface area (Å²) in [7, 11) is -3.54. The molecule has 0 N–H and O–H groups in total. The normalized spacial score (nSPS) is 18.6. The Labute approximate surface area is 143 Å². The van der Waals surface area contributed by atoms with Crippen LogP contribution in [0.1, 0.15) is 30.0 Å². The lowest BCUT2D eigenvalue weighted by Gasteiger charge is -2.37. The first kappa shape index (κ1) is 17.1. The molecule has 1 aliphatic rings.